The molecule has 0 radical (unpaired) electrons. The molecule has 0 aromatic heterocycles. The third-order valence-electron chi connectivity index (χ3n) is 6.22. The van der Waals surface area contributed by atoms with Gasteiger partial charge in [-0.15, -0.1) is 0 Å². The predicted octanol–water partition coefficient (Wildman–Crippen LogP) is 3.00. The van der Waals surface area contributed by atoms with Crippen LogP contribution >= 0.6 is 0 Å². The molecule has 7 nitrogen and oxygen atoms in total. The van der Waals surface area contributed by atoms with Crippen molar-refractivity contribution in [2.75, 3.05) is 47.6 Å². The minimum atomic E-state index is 0.156. The highest BCUT2D eigenvalue weighted by atomic mass is 16.5. The van der Waals surface area contributed by atoms with E-state index in [1.54, 1.807) is 21.3 Å². The van der Waals surface area contributed by atoms with Crippen LogP contribution in [0.1, 0.15) is 44.1 Å². The van der Waals surface area contributed by atoms with Gasteiger partial charge in [0.05, 0.1) is 27.4 Å². The number of hydrogen-bond donors (Lipinski definition) is 1. The lowest BCUT2D eigenvalue weighted by Crippen LogP contribution is -2.35. The number of hydrogen-bond acceptors (Lipinski definition) is 6. The van der Waals surface area contributed by atoms with Gasteiger partial charge in [-0.3, -0.25) is 9.69 Å². The maximum Gasteiger partial charge on any atom is 0.220 e. The Morgan fingerprint density at radius 3 is 2.40 bits per heavy atom. The summed E-state index contributed by atoms with van der Waals surface area (Å²) in [5.74, 6) is 2.98. The van der Waals surface area contributed by atoms with E-state index in [1.807, 2.05) is 12.1 Å². The zero-order valence-electron chi connectivity index (χ0n) is 18.6. The molecule has 168 valence electrons. The van der Waals surface area contributed by atoms with E-state index >= 15 is 0 Å². The summed E-state index contributed by atoms with van der Waals surface area (Å²) in [5.41, 5.74) is 1.10. The quantitative estimate of drug-likeness (QED) is 0.628. The lowest BCUT2D eigenvalue weighted by molar-refractivity contribution is -0.122. The van der Waals surface area contributed by atoms with Crippen molar-refractivity contribution in [2.45, 2.75) is 51.2 Å². The standard InChI is InChI=1S/C23H36N2O5/c1-27-20-14-22(29-3)21(28-2)13-18(20)16-25-10-8-17(9-11-25)6-7-23(26)24-15-19-5-4-12-30-19/h13-14,17,19H,4-12,15-16H2,1-3H3,(H,24,26). The fraction of sp³-hybridized carbons (Fsp3) is 0.696. The first kappa shape index (κ1) is 22.7. The van der Waals surface area contributed by atoms with E-state index < -0.39 is 0 Å². The average Bonchev–Trinajstić information content (AvgIpc) is 3.30. The number of nitrogens with zero attached hydrogens (tertiary/aromatic N) is 1. The van der Waals surface area contributed by atoms with Gasteiger partial charge < -0.3 is 24.3 Å². The first-order valence-electron chi connectivity index (χ1n) is 11.0. The summed E-state index contributed by atoms with van der Waals surface area (Å²) >= 11 is 0. The maximum atomic E-state index is 12.1. The largest absolute Gasteiger partial charge is 0.496 e. The molecule has 3 rings (SSSR count). The van der Waals surface area contributed by atoms with Crippen LogP contribution in [0.3, 0.4) is 0 Å². The molecule has 1 amide bonds. The number of ether oxygens (including phenoxy) is 4. The normalized spacial score (nSPS) is 20.2. The molecule has 0 saturated carbocycles. The van der Waals surface area contributed by atoms with Gasteiger partial charge in [0.15, 0.2) is 11.5 Å². The zero-order valence-corrected chi connectivity index (χ0v) is 18.6. The molecule has 2 fully saturated rings. The number of benzene rings is 1. The second kappa shape index (κ2) is 11.4. The van der Waals surface area contributed by atoms with Crippen LogP contribution in [-0.4, -0.2) is 64.5 Å². The smallest absolute Gasteiger partial charge is 0.220 e. The van der Waals surface area contributed by atoms with Gasteiger partial charge in [-0.25, -0.2) is 0 Å². The monoisotopic (exact) mass is 420 g/mol. The first-order valence-corrected chi connectivity index (χ1v) is 11.0. The van der Waals surface area contributed by atoms with Crippen molar-refractivity contribution < 1.29 is 23.7 Å². The van der Waals surface area contributed by atoms with Crippen molar-refractivity contribution in [3.63, 3.8) is 0 Å². The molecule has 1 aromatic rings. The molecule has 2 aliphatic rings. The van der Waals surface area contributed by atoms with E-state index in [4.69, 9.17) is 18.9 Å². The zero-order chi connectivity index (χ0) is 21.3. The summed E-state index contributed by atoms with van der Waals surface area (Å²) in [4.78, 5) is 14.6. The number of amides is 1. The summed E-state index contributed by atoms with van der Waals surface area (Å²) < 4.78 is 21.9. The van der Waals surface area contributed by atoms with Gasteiger partial charge in [-0.2, -0.15) is 0 Å². The Morgan fingerprint density at radius 1 is 1.07 bits per heavy atom. The van der Waals surface area contributed by atoms with Crippen LogP contribution in [0.4, 0.5) is 0 Å². The highest BCUT2D eigenvalue weighted by Gasteiger charge is 2.22. The Hall–Kier alpha value is -1.99. The highest BCUT2D eigenvalue weighted by molar-refractivity contribution is 5.75. The van der Waals surface area contributed by atoms with Crippen LogP contribution in [0.5, 0.6) is 17.2 Å². The molecule has 30 heavy (non-hydrogen) atoms. The van der Waals surface area contributed by atoms with Crippen LogP contribution < -0.4 is 19.5 Å². The molecule has 1 unspecified atom stereocenters. The Bertz CT molecular complexity index is 682. The van der Waals surface area contributed by atoms with Gasteiger partial charge in [0.1, 0.15) is 5.75 Å². The second-order valence-electron chi connectivity index (χ2n) is 8.22. The first-order chi connectivity index (χ1) is 14.6. The van der Waals surface area contributed by atoms with Crippen LogP contribution in [-0.2, 0) is 16.1 Å². The van der Waals surface area contributed by atoms with Gasteiger partial charge in [-0.05, 0) is 57.2 Å². The summed E-state index contributed by atoms with van der Waals surface area (Å²) in [6, 6.07) is 3.89. The van der Waals surface area contributed by atoms with Gasteiger partial charge >= 0.3 is 0 Å². The SMILES string of the molecule is COc1cc(OC)c(OC)cc1CN1CCC(CCC(=O)NCC2CCCO2)CC1. The number of carbonyl (C=O) groups is 1. The molecule has 0 spiro atoms. The Kier molecular flexibility index (Phi) is 8.63. The van der Waals surface area contributed by atoms with Crippen molar-refractivity contribution >= 4 is 5.91 Å². The molecule has 7 heteroatoms. The Balaban J connectivity index is 1.41. The lowest BCUT2D eigenvalue weighted by atomic mass is 9.91. The summed E-state index contributed by atoms with van der Waals surface area (Å²) in [5, 5.41) is 3.03. The van der Waals surface area contributed by atoms with Crippen LogP contribution in [0, 0.1) is 5.92 Å². The Morgan fingerprint density at radius 2 is 1.77 bits per heavy atom. The average molecular weight is 421 g/mol. The minimum Gasteiger partial charge on any atom is -0.496 e. The van der Waals surface area contributed by atoms with E-state index in [0.717, 1.165) is 75.4 Å². The number of methoxy groups -OCH3 is 3. The predicted molar refractivity (Wildman–Crippen MR) is 115 cm³/mol. The molecular weight excluding hydrogens is 384 g/mol. The van der Waals surface area contributed by atoms with E-state index in [1.165, 1.54) is 0 Å². The number of likely N-dealkylation sites (tertiary alicyclic amines) is 1. The highest BCUT2D eigenvalue weighted by Crippen LogP contribution is 2.35. The van der Waals surface area contributed by atoms with Crippen LogP contribution in [0.25, 0.3) is 0 Å². The third-order valence-corrected chi connectivity index (χ3v) is 6.22. The van der Waals surface area contributed by atoms with Gasteiger partial charge in [0, 0.05) is 37.7 Å². The van der Waals surface area contributed by atoms with Crippen molar-refractivity contribution in [1.29, 1.82) is 0 Å². The summed E-state index contributed by atoms with van der Waals surface area (Å²) in [6.45, 7) is 4.36. The maximum absolute atomic E-state index is 12.1. The molecule has 1 aromatic carbocycles. The van der Waals surface area contributed by atoms with Crippen LogP contribution in [0.15, 0.2) is 12.1 Å². The topological polar surface area (TPSA) is 69.3 Å². The molecule has 0 bridgehead atoms. The molecular formula is C23H36N2O5. The van der Waals surface area contributed by atoms with Gasteiger partial charge in [-0.1, -0.05) is 0 Å². The van der Waals surface area contributed by atoms with Gasteiger partial charge in [0.25, 0.3) is 0 Å². The van der Waals surface area contributed by atoms with E-state index in [9.17, 15) is 4.79 Å². The fourth-order valence-electron chi connectivity index (χ4n) is 4.35. The third kappa shape index (κ3) is 6.25. The van der Waals surface area contributed by atoms with Crippen molar-refractivity contribution in [3.8, 4) is 17.2 Å². The number of carbonyl (C=O) groups excluding carboxylic acids is 1. The molecule has 2 heterocycles. The lowest BCUT2D eigenvalue weighted by Gasteiger charge is -2.32. The Labute approximate surface area is 180 Å². The van der Waals surface area contributed by atoms with Crippen molar-refractivity contribution in [1.82, 2.24) is 10.2 Å². The van der Waals surface area contributed by atoms with Crippen molar-refractivity contribution in [2.24, 2.45) is 5.92 Å². The van der Waals surface area contributed by atoms with E-state index in [2.05, 4.69) is 10.2 Å². The number of nitrogens with one attached hydrogen (secondary N) is 1. The van der Waals surface area contributed by atoms with E-state index in [-0.39, 0.29) is 12.0 Å². The van der Waals surface area contributed by atoms with Crippen molar-refractivity contribution in [3.05, 3.63) is 17.7 Å². The number of rotatable bonds is 10. The van der Waals surface area contributed by atoms with Gasteiger partial charge in [0.2, 0.25) is 5.91 Å². The molecule has 2 saturated heterocycles. The summed E-state index contributed by atoms with van der Waals surface area (Å²) in [7, 11) is 4.96. The number of piperidine rings is 1. The second-order valence-corrected chi connectivity index (χ2v) is 8.22. The van der Waals surface area contributed by atoms with E-state index in [0.29, 0.717) is 24.6 Å². The molecule has 0 aliphatic carbocycles. The molecule has 1 atom stereocenters. The minimum absolute atomic E-state index is 0.156. The molecule has 1 N–H and O–H groups in total. The summed E-state index contributed by atoms with van der Waals surface area (Å²) in [6.07, 6.45) is 6.19. The molecule has 2 aliphatic heterocycles. The fourth-order valence-corrected chi connectivity index (χ4v) is 4.35. The van der Waals surface area contributed by atoms with Crippen LogP contribution in [0.2, 0.25) is 0 Å².